The number of amides is 1. The molecule has 1 aromatic rings. The second-order valence-electron chi connectivity index (χ2n) is 4.34. The normalized spacial score (nSPS) is 21.7. The third-order valence-corrected chi connectivity index (χ3v) is 3.17. The lowest BCUT2D eigenvalue weighted by Crippen LogP contribution is -2.29. The zero-order chi connectivity index (χ0) is 14.9. The lowest BCUT2D eigenvalue weighted by atomic mass is 9.87. The van der Waals surface area contributed by atoms with Gasteiger partial charge in [-0.25, -0.2) is 13.2 Å². The molecule has 1 amide bonds. The van der Waals surface area contributed by atoms with Gasteiger partial charge in [0.15, 0.2) is 11.6 Å². The van der Waals surface area contributed by atoms with Gasteiger partial charge in [0, 0.05) is 18.0 Å². The van der Waals surface area contributed by atoms with Crippen molar-refractivity contribution in [2.75, 3.05) is 13.2 Å². The van der Waals surface area contributed by atoms with Crippen molar-refractivity contribution in [2.24, 2.45) is 5.92 Å². The van der Waals surface area contributed by atoms with Crippen molar-refractivity contribution in [3.63, 3.8) is 0 Å². The fraction of sp³-hybridized carbons (Fsp3) is 0.385. The quantitative estimate of drug-likeness (QED) is 0.520. The summed E-state index contributed by atoms with van der Waals surface area (Å²) in [4.78, 5) is 23.4. The van der Waals surface area contributed by atoms with Crippen molar-refractivity contribution in [1.82, 2.24) is 5.32 Å². The van der Waals surface area contributed by atoms with E-state index in [1.54, 1.807) is 6.92 Å². The Balaban J connectivity index is 2.43. The zero-order valence-electron chi connectivity index (χ0n) is 10.6. The van der Waals surface area contributed by atoms with E-state index in [1.165, 1.54) is 0 Å². The summed E-state index contributed by atoms with van der Waals surface area (Å²) in [7, 11) is 0. The van der Waals surface area contributed by atoms with Gasteiger partial charge in [-0.05, 0) is 19.1 Å². The molecule has 0 spiro atoms. The minimum Gasteiger partial charge on any atom is -0.465 e. The van der Waals surface area contributed by atoms with E-state index in [9.17, 15) is 22.8 Å². The number of hydrogen-bond acceptors (Lipinski definition) is 3. The molecule has 1 heterocycles. The van der Waals surface area contributed by atoms with Crippen LogP contribution in [-0.4, -0.2) is 25.0 Å². The summed E-state index contributed by atoms with van der Waals surface area (Å²) in [6.07, 6.45) is 0. The van der Waals surface area contributed by atoms with Gasteiger partial charge in [-0.15, -0.1) is 0 Å². The van der Waals surface area contributed by atoms with Gasteiger partial charge < -0.3 is 10.1 Å². The predicted octanol–water partition coefficient (Wildman–Crippen LogP) is 1.50. The maximum atomic E-state index is 13.8. The highest BCUT2D eigenvalue weighted by molar-refractivity contribution is 6.00. The van der Waals surface area contributed by atoms with Crippen molar-refractivity contribution in [3.8, 4) is 0 Å². The van der Waals surface area contributed by atoms with E-state index in [2.05, 4.69) is 5.32 Å². The van der Waals surface area contributed by atoms with Crippen molar-refractivity contribution in [3.05, 3.63) is 35.1 Å². The monoisotopic (exact) mass is 287 g/mol. The average Bonchev–Trinajstić information content (AvgIpc) is 2.77. The molecule has 4 nitrogen and oxygen atoms in total. The highest BCUT2D eigenvalue weighted by Crippen LogP contribution is 2.34. The number of esters is 1. The van der Waals surface area contributed by atoms with E-state index in [0.717, 1.165) is 6.07 Å². The van der Waals surface area contributed by atoms with Crippen LogP contribution in [0.1, 0.15) is 18.4 Å². The standard InChI is InChI=1S/C13H12F3NO3/c1-2-20-13(19)10-6(5-17-12(10)18)9-7(14)3-4-8(15)11(9)16/h3-4,6,10H,2,5H2,1H3,(H,17,18)/t6-,10?/m0/s1. The molecule has 1 aliphatic heterocycles. The first-order valence-corrected chi connectivity index (χ1v) is 6.05. The molecular formula is C13H12F3NO3. The predicted molar refractivity (Wildman–Crippen MR) is 62.2 cm³/mol. The molecule has 1 aromatic carbocycles. The molecule has 0 aromatic heterocycles. The van der Waals surface area contributed by atoms with Crippen LogP contribution in [0.15, 0.2) is 12.1 Å². The lowest BCUT2D eigenvalue weighted by Gasteiger charge is -2.17. The molecule has 1 fully saturated rings. The molecule has 0 bridgehead atoms. The summed E-state index contributed by atoms with van der Waals surface area (Å²) in [6, 6.07) is 1.41. The molecular weight excluding hydrogens is 275 g/mol. The first kappa shape index (κ1) is 14.4. The van der Waals surface area contributed by atoms with Crippen LogP contribution in [0.3, 0.4) is 0 Å². The Morgan fingerprint density at radius 1 is 1.35 bits per heavy atom. The lowest BCUT2D eigenvalue weighted by molar-refractivity contribution is -0.151. The number of carbonyl (C=O) groups excluding carboxylic acids is 2. The molecule has 1 unspecified atom stereocenters. The van der Waals surface area contributed by atoms with Crippen molar-refractivity contribution < 1.29 is 27.5 Å². The Morgan fingerprint density at radius 3 is 2.65 bits per heavy atom. The summed E-state index contributed by atoms with van der Waals surface area (Å²) in [5.74, 6) is -7.69. The van der Waals surface area contributed by atoms with Gasteiger partial charge in [-0.1, -0.05) is 0 Å². The highest BCUT2D eigenvalue weighted by Gasteiger charge is 2.44. The van der Waals surface area contributed by atoms with E-state index in [-0.39, 0.29) is 13.2 Å². The zero-order valence-corrected chi connectivity index (χ0v) is 10.6. The minimum atomic E-state index is -1.39. The van der Waals surface area contributed by atoms with Gasteiger partial charge in [0.05, 0.1) is 6.61 Å². The van der Waals surface area contributed by atoms with Crippen LogP contribution >= 0.6 is 0 Å². The summed E-state index contributed by atoms with van der Waals surface area (Å²) in [5, 5.41) is 2.34. The van der Waals surface area contributed by atoms with Crippen LogP contribution in [0, 0.1) is 23.4 Å². The fourth-order valence-corrected chi connectivity index (χ4v) is 2.28. The van der Waals surface area contributed by atoms with E-state index in [0.29, 0.717) is 6.07 Å². The minimum absolute atomic E-state index is 0.0312. The maximum absolute atomic E-state index is 13.8. The van der Waals surface area contributed by atoms with Crippen molar-refractivity contribution in [1.29, 1.82) is 0 Å². The van der Waals surface area contributed by atoms with Crippen LogP contribution in [0.2, 0.25) is 0 Å². The number of rotatable bonds is 3. The van der Waals surface area contributed by atoms with Gasteiger partial charge in [-0.2, -0.15) is 0 Å². The topological polar surface area (TPSA) is 55.4 Å². The second kappa shape index (κ2) is 5.52. The molecule has 0 aliphatic carbocycles. The van der Waals surface area contributed by atoms with E-state index < -0.39 is 46.7 Å². The molecule has 1 N–H and O–H groups in total. The molecule has 7 heteroatoms. The van der Waals surface area contributed by atoms with Gasteiger partial charge in [0.2, 0.25) is 5.91 Å². The number of halogens is 3. The Bertz CT molecular complexity index is 562. The molecule has 0 saturated carbocycles. The number of hydrogen-bond donors (Lipinski definition) is 1. The van der Waals surface area contributed by atoms with Gasteiger partial charge >= 0.3 is 5.97 Å². The summed E-state index contributed by atoms with van der Waals surface area (Å²) in [6.45, 7) is 1.42. The molecule has 1 aliphatic rings. The number of carbonyl (C=O) groups is 2. The number of nitrogens with one attached hydrogen (secondary N) is 1. The van der Waals surface area contributed by atoms with Crippen LogP contribution < -0.4 is 5.32 Å². The average molecular weight is 287 g/mol. The van der Waals surface area contributed by atoms with E-state index >= 15 is 0 Å². The van der Waals surface area contributed by atoms with Crippen molar-refractivity contribution in [2.45, 2.75) is 12.8 Å². The van der Waals surface area contributed by atoms with Crippen LogP contribution in [-0.2, 0) is 14.3 Å². The summed E-state index contributed by atoms with van der Waals surface area (Å²) < 4.78 is 45.4. The Hall–Kier alpha value is -2.05. The Kier molecular flexibility index (Phi) is 3.96. The molecule has 2 rings (SSSR count). The SMILES string of the molecule is CCOC(=O)C1C(=O)NC[C@H]1c1c(F)ccc(F)c1F. The van der Waals surface area contributed by atoms with Crippen molar-refractivity contribution >= 4 is 11.9 Å². The molecule has 0 radical (unpaired) electrons. The van der Waals surface area contributed by atoms with Crippen LogP contribution in [0.5, 0.6) is 0 Å². The molecule has 1 saturated heterocycles. The smallest absolute Gasteiger partial charge is 0.319 e. The Morgan fingerprint density at radius 2 is 2.00 bits per heavy atom. The largest absolute Gasteiger partial charge is 0.465 e. The Labute approximate surface area is 112 Å². The number of benzene rings is 1. The van der Waals surface area contributed by atoms with Gasteiger partial charge in [0.25, 0.3) is 0 Å². The third-order valence-electron chi connectivity index (χ3n) is 3.17. The number of ether oxygens (including phenoxy) is 1. The van der Waals surface area contributed by atoms with E-state index in [1.807, 2.05) is 0 Å². The van der Waals surface area contributed by atoms with Crippen LogP contribution in [0.4, 0.5) is 13.2 Å². The first-order chi connectivity index (χ1) is 9.47. The first-order valence-electron chi connectivity index (χ1n) is 6.05. The fourth-order valence-electron chi connectivity index (χ4n) is 2.28. The second-order valence-corrected chi connectivity index (χ2v) is 4.34. The molecule has 2 atom stereocenters. The van der Waals surface area contributed by atoms with E-state index in [4.69, 9.17) is 4.74 Å². The third kappa shape index (κ3) is 2.35. The van der Waals surface area contributed by atoms with Crippen LogP contribution in [0.25, 0.3) is 0 Å². The van der Waals surface area contributed by atoms with Gasteiger partial charge in [-0.3, -0.25) is 9.59 Å². The highest BCUT2D eigenvalue weighted by atomic mass is 19.2. The molecule has 20 heavy (non-hydrogen) atoms. The van der Waals surface area contributed by atoms with Gasteiger partial charge in [0.1, 0.15) is 11.7 Å². The maximum Gasteiger partial charge on any atom is 0.319 e. The molecule has 108 valence electrons. The summed E-state index contributed by atoms with van der Waals surface area (Å²) >= 11 is 0. The summed E-state index contributed by atoms with van der Waals surface area (Å²) in [5.41, 5.74) is -0.610.